The van der Waals surface area contributed by atoms with Gasteiger partial charge in [-0.2, -0.15) is 8.78 Å². The van der Waals surface area contributed by atoms with Crippen LogP contribution in [0.25, 0.3) is 11.3 Å². The van der Waals surface area contributed by atoms with Gasteiger partial charge in [-0.25, -0.2) is 14.8 Å². The fourth-order valence-corrected chi connectivity index (χ4v) is 4.81. The summed E-state index contributed by atoms with van der Waals surface area (Å²) in [5, 5.41) is 9.05. The molecule has 10 heteroatoms. The summed E-state index contributed by atoms with van der Waals surface area (Å²) in [4.78, 5) is 37.6. The van der Waals surface area contributed by atoms with Crippen molar-refractivity contribution in [2.24, 2.45) is 0 Å². The number of halogens is 2. The van der Waals surface area contributed by atoms with Crippen LogP contribution in [-0.4, -0.2) is 75.6 Å². The third kappa shape index (κ3) is 4.05. The number of piperazine rings is 1. The van der Waals surface area contributed by atoms with E-state index in [0.29, 0.717) is 43.4 Å². The molecule has 1 unspecified atom stereocenters. The molecule has 2 saturated heterocycles. The Balaban J connectivity index is 1.35. The van der Waals surface area contributed by atoms with E-state index in [0.717, 1.165) is 24.1 Å². The van der Waals surface area contributed by atoms with Gasteiger partial charge in [-0.1, -0.05) is 24.3 Å². The molecule has 0 saturated carbocycles. The molecule has 2 aliphatic heterocycles. The Kier molecular flexibility index (Phi) is 5.61. The Morgan fingerprint density at radius 1 is 1.06 bits per heavy atom. The molecule has 8 nitrogen and oxygen atoms in total. The topological polar surface area (TPSA) is 89.9 Å². The number of carbonyl (C=O) groups is 2. The van der Waals surface area contributed by atoms with Gasteiger partial charge in [0.05, 0.1) is 12.1 Å². The molecule has 0 radical (unpaired) electrons. The highest BCUT2D eigenvalue weighted by molar-refractivity contribution is 5.79. The molecule has 1 aromatic heterocycles. The van der Waals surface area contributed by atoms with Gasteiger partial charge >= 0.3 is 6.09 Å². The van der Waals surface area contributed by atoms with Gasteiger partial charge in [0.2, 0.25) is 11.9 Å². The number of nitrogens with zero attached hydrogens (tertiary/aromatic N) is 5. The average Bonchev–Trinajstić information content (AvgIpc) is 3.12. The van der Waals surface area contributed by atoms with Crippen LogP contribution in [0.4, 0.5) is 19.5 Å². The second-order valence-corrected chi connectivity index (χ2v) is 9.26. The van der Waals surface area contributed by atoms with Crippen LogP contribution in [0.1, 0.15) is 36.6 Å². The lowest BCUT2D eigenvalue weighted by Gasteiger charge is -2.39. The van der Waals surface area contributed by atoms with E-state index in [1.54, 1.807) is 4.90 Å². The van der Waals surface area contributed by atoms with Crippen LogP contribution in [0.15, 0.2) is 24.3 Å². The standard InChI is InChI=1S/C24H27F2N5O3/c1-15-7-9-31(15)22-27-20(18-6-8-24(25,26)21(18)28-22)17-4-2-16(3-5-17)14-19(32)29-10-12-30(13-11-29)23(33)34/h2-5,15H,6-14H2,1H3,(H,33,34). The third-order valence-electron chi connectivity index (χ3n) is 7.09. The maximum absolute atomic E-state index is 14.6. The monoisotopic (exact) mass is 471 g/mol. The molecule has 1 aliphatic carbocycles. The third-order valence-corrected chi connectivity index (χ3v) is 7.09. The normalized spacial score (nSPS) is 21.3. The molecule has 0 bridgehead atoms. The number of carbonyl (C=O) groups excluding carboxylic acids is 1. The molecule has 3 heterocycles. The lowest BCUT2D eigenvalue weighted by atomic mass is 10.0. The molecule has 1 atom stereocenters. The molecule has 180 valence electrons. The molecule has 1 aromatic carbocycles. The first-order chi connectivity index (χ1) is 16.2. The molecule has 34 heavy (non-hydrogen) atoms. The van der Waals surface area contributed by atoms with Gasteiger partial charge in [-0.3, -0.25) is 4.79 Å². The smallest absolute Gasteiger partial charge is 0.407 e. The summed E-state index contributed by atoms with van der Waals surface area (Å²) in [6.07, 6.45) is 0.189. The van der Waals surface area contributed by atoms with Crippen LogP contribution in [0.3, 0.4) is 0 Å². The maximum Gasteiger partial charge on any atom is 0.407 e. The molecule has 1 N–H and O–H groups in total. The number of aromatic nitrogens is 2. The number of benzene rings is 1. The summed E-state index contributed by atoms with van der Waals surface area (Å²) >= 11 is 0. The van der Waals surface area contributed by atoms with Crippen molar-refractivity contribution in [3.05, 3.63) is 41.1 Å². The van der Waals surface area contributed by atoms with E-state index in [1.165, 1.54) is 4.90 Å². The number of alkyl halides is 2. The minimum absolute atomic E-state index is 0.0607. The van der Waals surface area contributed by atoms with E-state index in [-0.39, 0.29) is 36.9 Å². The van der Waals surface area contributed by atoms with E-state index in [2.05, 4.69) is 4.98 Å². The second kappa shape index (κ2) is 8.48. The van der Waals surface area contributed by atoms with E-state index >= 15 is 0 Å². The molecule has 5 rings (SSSR count). The van der Waals surface area contributed by atoms with Gasteiger partial charge in [0.25, 0.3) is 5.92 Å². The summed E-state index contributed by atoms with van der Waals surface area (Å²) in [6.45, 7) is 4.16. The van der Waals surface area contributed by atoms with Gasteiger partial charge in [0.15, 0.2) is 0 Å². The van der Waals surface area contributed by atoms with Crippen LogP contribution in [-0.2, 0) is 23.6 Å². The highest BCUT2D eigenvalue weighted by Gasteiger charge is 2.44. The Bertz CT molecular complexity index is 1120. The number of hydrogen-bond acceptors (Lipinski definition) is 5. The Morgan fingerprint density at radius 2 is 1.74 bits per heavy atom. The summed E-state index contributed by atoms with van der Waals surface area (Å²) < 4.78 is 29.1. The summed E-state index contributed by atoms with van der Waals surface area (Å²) in [6, 6.07) is 7.54. The van der Waals surface area contributed by atoms with Crippen LogP contribution in [0.2, 0.25) is 0 Å². The van der Waals surface area contributed by atoms with E-state index in [4.69, 9.17) is 10.1 Å². The Labute approximate surface area is 196 Å². The first-order valence-electron chi connectivity index (χ1n) is 11.6. The highest BCUT2D eigenvalue weighted by atomic mass is 19.3. The van der Waals surface area contributed by atoms with Gasteiger partial charge in [-0.15, -0.1) is 0 Å². The molecule has 0 spiro atoms. The van der Waals surface area contributed by atoms with E-state index in [9.17, 15) is 18.4 Å². The van der Waals surface area contributed by atoms with Gasteiger partial charge in [-0.05, 0) is 25.3 Å². The Morgan fingerprint density at radius 3 is 2.32 bits per heavy atom. The number of anilines is 1. The largest absolute Gasteiger partial charge is 0.465 e. The molecule has 2 amide bonds. The van der Waals surface area contributed by atoms with E-state index in [1.807, 2.05) is 36.1 Å². The molecule has 2 fully saturated rings. The van der Waals surface area contributed by atoms with Crippen LogP contribution in [0, 0.1) is 0 Å². The highest BCUT2D eigenvalue weighted by Crippen LogP contribution is 2.44. The molecular formula is C24H27F2N5O3. The fraction of sp³-hybridized carbons (Fsp3) is 0.500. The molecule has 3 aliphatic rings. The van der Waals surface area contributed by atoms with Crippen molar-refractivity contribution in [2.45, 2.75) is 44.6 Å². The fourth-order valence-electron chi connectivity index (χ4n) is 4.81. The van der Waals surface area contributed by atoms with Crippen molar-refractivity contribution in [2.75, 3.05) is 37.6 Å². The average molecular weight is 472 g/mol. The summed E-state index contributed by atoms with van der Waals surface area (Å²) in [5.74, 6) is -2.66. The number of rotatable bonds is 4. The predicted molar refractivity (Wildman–Crippen MR) is 121 cm³/mol. The van der Waals surface area contributed by atoms with Crippen LogP contribution < -0.4 is 4.90 Å². The minimum Gasteiger partial charge on any atom is -0.465 e. The molecule has 2 aromatic rings. The first-order valence-corrected chi connectivity index (χ1v) is 11.6. The number of carboxylic acid groups (broad SMARTS) is 1. The van der Waals surface area contributed by atoms with Crippen molar-refractivity contribution >= 4 is 17.9 Å². The van der Waals surface area contributed by atoms with E-state index < -0.39 is 12.0 Å². The van der Waals surface area contributed by atoms with Gasteiger partial charge < -0.3 is 19.8 Å². The molecular weight excluding hydrogens is 444 g/mol. The van der Waals surface area contributed by atoms with Gasteiger partial charge in [0, 0.05) is 56.3 Å². The predicted octanol–water partition coefficient (Wildman–Crippen LogP) is 3.14. The van der Waals surface area contributed by atoms with Crippen LogP contribution in [0.5, 0.6) is 0 Å². The van der Waals surface area contributed by atoms with Gasteiger partial charge in [0.1, 0.15) is 5.69 Å². The first kappa shape index (κ1) is 22.5. The van der Waals surface area contributed by atoms with Crippen molar-refractivity contribution in [3.8, 4) is 11.3 Å². The van der Waals surface area contributed by atoms with Crippen molar-refractivity contribution < 1.29 is 23.5 Å². The Hall–Kier alpha value is -3.30. The van der Waals surface area contributed by atoms with Crippen molar-refractivity contribution in [1.29, 1.82) is 0 Å². The summed E-state index contributed by atoms with van der Waals surface area (Å²) in [5.41, 5.74) is 2.42. The lowest BCUT2D eigenvalue weighted by molar-refractivity contribution is -0.132. The van der Waals surface area contributed by atoms with Crippen molar-refractivity contribution in [3.63, 3.8) is 0 Å². The number of hydrogen-bond donors (Lipinski definition) is 1. The zero-order valence-electron chi connectivity index (χ0n) is 19.0. The SMILES string of the molecule is CC1CCN1c1nc(-c2ccc(CC(=O)N3CCN(C(=O)O)CC3)cc2)c2c(n1)C(F)(F)CC2. The second-order valence-electron chi connectivity index (χ2n) is 9.26. The maximum atomic E-state index is 14.6. The number of fused-ring (bicyclic) bond motifs is 1. The lowest BCUT2D eigenvalue weighted by Crippen LogP contribution is -2.50. The zero-order valence-corrected chi connectivity index (χ0v) is 19.0. The number of amides is 2. The van der Waals surface area contributed by atoms with Crippen molar-refractivity contribution in [1.82, 2.24) is 19.8 Å². The summed E-state index contributed by atoms with van der Waals surface area (Å²) in [7, 11) is 0. The minimum atomic E-state index is -2.95. The van der Waals surface area contributed by atoms with Crippen LogP contribution >= 0.6 is 0 Å². The zero-order chi connectivity index (χ0) is 24.0. The quantitative estimate of drug-likeness (QED) is 0.737.